The minimum atomic E-state index is -0.348. The molecule has 156 valence electrons. The molecule has 3 aromatic carbocycles. The van der Waals surface area contributed by atoms with E-state index in [0.717, 1.165) is 21.8 Å². The predicted octanol–water partition coefficient (Wildman–Crippen LogP) is 3.57. The molecule has 0 bridgehead atoms. The maximum Gasteiger partial charge on any atom is 0.261 e. The summed E-state index contributed by atoms with van der Waals surface area (Å²) in [6, 6.07) is 24.1. The predicted molar refractivity (Wildman–Crippen MR) is 115 cm³/mol. The molecule has 0 aromatic heterocycles. The van der Waals surface area contributed by atoms with Crippen LogP contribution in [0, 0.1) is 0 Å². The lowest BCUT2D eigenvalue weighted by molar-refractivity contribution is -0.121. The fraction of sp³-hybridized carbons (Fsp3) is 0.160. The molecule has 31 heavy (non-hydrogen) atoms. The molecule has 3 amide bonds. The first-order valence-electron chi connectivity index (χ1n) is 10.1. The van der Waals surface area contributed by atoms with Crippen molar-refractivity contribution >= 4 is 17.7 Å². The summed E-state index contributed by atoms with van der Waals surface area (Å²) >= 11 is 0. The molecule has 1 heterocycles. The van der Waals surface area contributed by atoms with E-state index in [1.165, 1.54) is 0 Å². The normalized spacial score (nSPS) is 12.6. The van der Waals surface area contributed by atoms with E-state index in [9.17, 15) is 14.4 Å². The number of para-hydroxylation sites is 1. The molecule has 0 saturated heterocycles. The van der Waals surface area contributed by atoms with Gasteiger partial charge in [0.25, 0.3) is 11.8 Å². The molecule has 6 heteroatoms. The Morgan fingerprint density at radius 2 is 1.45 bits per heavy atom. The van der Waals surface area contributed by atoms with Crippen LogP contribution in [0.4, 0.5) is 0 Å². The third kappa shape index (κ3) is 4.80. The number of nitrogens with one attached hydrogen (secondary N) is 1. The van der Waals surface area contributed by atoms with Crippen LogP contribution in [-0.4, -0.2) is 29.2 Å². The molecular weight excluding hydrogens is 392 g/mol. The summed E-state index contributed by atoms with van der Waals surface area (Å²) in [6.07, 6.45) is 0.0578. The second kappa shape index (κ2) is 9.26. The van der Waals surface area contributed by atoms with Crippen LogP contribution in [0.5, 0.6) is 5.75 Å². The van der Waals surface area contributed by atoms with Crippen LogP contribution in [0.25, 0.3) is 0 Å². The molecule has 4 rings (SSSR count). The van der Waals surface area contributed by atoms with E-state index in [-0.39, 0.29) is 30.7 Å². The van der Waals surface area contributed by atoms with E-state index in [1.54, 1.807) is 24.3 Å². The average molecular weight is 414 g/mol. The summed E-state index contributed by atoms with van der Waals surface area (Å²) in [5.41, 5.74) is 2.73. The quantitative estimate of drug-likeness (QED) is 0.572. The fourth-order valence-corrected chi connectivity index (χ4v) is 3.46. The van der Waals surface area contributed by atoms with Crippen molar-refractivity contribution in [3.8, 4) is 5.75 Å². The zero-order valence-electron chi connectivity index (χ0n) is 16.9. The Kier molecular flexibility index (Phi) is 6.08. The maximum absolute atomic E-state index is 12.4. The minimum Gasteiger partial charge on any atom is -0.489 e. The Bertz CT molecular complexity index is 1080. The molecule has 6 nitrogen and oxygen atoms in total. The van der Waals surface area contributed by atoms with Crippen LogP contribution >= 0.6 is 0 Å². The molecule has 0 unspecified atom stereocenters. The summed E-state index contributed by atoms with van der Waals surface area (Å²) in [5, 5.41) is 2.85. The van der Waals surface area contributed by atoms with Gasteiger partial charge in [0.2, 0.25) is 5.91 Å². The van der Waals surface area contributed by atoms with Gasteiger partial charge in [-0.3, -0.25) is 19.3 Å². The second-order valence-electron chi connectivity index (χ2n) is 7.26. The highest BCUT2D eigenvalue weighted by Crippen LogP contribution is 2.22. The van der Waals surface area contributed by atoms with E-state index >= 15 is 0 Å². The first-order valence-corrected chi connectivity index (χ1v) is 10.1. The van der Waals surface area contributed by atoms with Crippen LogP contribution in [0.3, 0.4) is 0 Å². The molecule has 0 spiro atoms. The highest BCUT2D eigenvalue weighted by Gasteiger charge is 2.34. The highest BCUT2D eigenvalue weighted by atomic mass is 16.5. The Morgan fingerprint density at radius 1 is 0.806 bits per heavy atom. The third-order valence-corrected chi connectivity index (χ3v) is 5.07. The zero-order valence-corrected chi connectivity index (χ0v) is 16.9. The van der Waals surface area contributed by atoms with Crippen molar-refractivity contribution in [2.45, 2.75) is 19.6 Å². The lowest BCUT2D eigenvalue weighted by Gasteiger charge is -2.13. The number of imide groups is 1. The van der Waals surface area contributed by atoms with Gasteiger partial charge in [-0.1, -0.05) is 54.6 Å². The topological polar surface area (TPSA) is 75.7 Å². The molecule has 0 atom stereocenters. The van der Waals surface area contributed by atoms with Gasteiger partial charge in [0.1, 0.15) is 12.4 Å². The maximum atomic E-state index is 12.4. The first kappa shape index (κ1) is 20.3. The van der Waals surface area contributed by atoms with Gasteiger partial charge < -0.3 is 10.1 Å². The third-order valence-electron chi connectivity index (χ3n) is 5.07. The number of carbonyl (C=O) groups excluding carboxylic acids is 3. The number of benzene rings is 3. The number of amides is 3. The van der Waals surface area contributed by atoms with Crippen LogP contribution < -0.4 is 10.1 Å². The van der Waals surface area contributed by atoms with Crippen molar-refractivity contribution in [1.29, 1.82) is 0 Å². The van der Waals surface area contributed by atoms with Gasteiger partial charge in [-0.05, 0) is 35.4 Å². The van der Waals surface area contributed by atoms with Crippen molar-refractivity contribution < 1.29 is 19.1 Å². The van der Waals surface area contributed by atoms with Crippen molar-refractivity contribution in [1.82, 2.24) is 10.2 Å². The molecule has 0 aliphatic carbocycles. The lowest BCUT2D eigenvalue weighted by atomic mass is 10.1. The van der Waals surface area contributed by atoms with Gasteiger partial charge >= 0.3 is 0 Å². The lowest BCUT2D eigenvalue weighted by Crippen LogP contribution is -2.34. The summed E-state index contributed by atoms with van der Waals surface area (Å²) < 4.78 is 5.76. The Balaban J connectivity index is 1.26. The van der Waals surface area contributed by atoms with Crippen LogP contribution in [-0.2, 0) is 17.9 Å². The molecule has 0 radical (unpaired) electrons. The van der Waals surface area contributed by atoms with E-state index in [1.807, 2.05) is 54.6 Å². The monoisotopic (exact) mass is 414 g/mol. The van der Waals surface area contributed by atoms with E-state index in [2.05, 4.69) is 5.32 Å². The van der Waals surface area contributed by atoms with Crippen molar-refractivity contribution in [3.63, 3.8) is 0 Å². The smallest absolute Gasteiger partial charge is 0.261 e. The van der Waals surface area contributed by atoms with Gasteiger partial charge in [-0.2, -0.15) is 0 Å². The van der Waals surface area contributed by atoms with Crippen molar-refractivity contribution in [2.24, 2.45) is 0 Å². The summed E-state index contributed by atoms with van der Waals surface area (Å²) in [5.74, 6) is -0.115. The SMILES string of the molecule is O=C(CCN1C(=O)c2ccccc2C1=O)NCc1cccc(COc2ccccc2)c1. The fourth-order valence-electron chi connectivity index (χ4n) is 3.46. The van der Waals surface area contributed by atoms with Gasteiger partial charge in [0, 0.05) is 19.5 Å². The summed E-state index contributed by atoms with van der Waals surface area (Å²) in [4.78, 5) is 38.1. The van der Waals surface area contributed by atoms with E-state index < -0.39 is 0 Å². The number of nitrogens with zero attached hydrogens (tertiary/aromatic N) is 1. The van der Waals surface area contributed by atoms with Gasteiger partial charge in [-0.25, -0.2) is 0 Å². The van der Waals surface area contributed by atoms with Gasteiger partial charge in [-0.15, -0.1) is 0 Å². The molecule has 3 aromatic rings. The minimum absolute atomic E-state index is 0.0578. The summed E-state index contributed by atoms with van der Waals surface area (Å²) in [7, 11) is 0. The first-order chi connectivity index (χ1) is 15.1. The molecular formula is C25H22N2O4. The van der Waals surface area contributed by atoms with Gasteiger partial charge in [0.05, 0.1) is 11.1 Å². The number of carbonyl (C=O) groups is 3. The summed E-state index contributed by atoms with van der Waals surface area (Å²) in [6.45, 7) is 0.856. The average Bonchev–Trinajstić information content (AvgIpc) is 3.06. The van der Waals surface area contributed by atoms with Gasteiger partial charge in [0.15, 0.2) is 0 Å². The molecule has 0 saturated carbocycles. The number of fused-ring (bicyclic) bond motifs is 1. The second-order valence-corrected chi connectivity index (χ2v) is 7.26. The van der Waals surface area contributed by atoms with Crippen molar-refractivity contribution in [2.75, 3.05) is 6.54 Å². The van der Waals surface area contributed by atoms with E-state index in [4.69, 9.17) is 4.74 Å². The number of hydrogen-bond acceptors (Lipinski definition) is 4. The van der Waals surface area contributed by atoms with Crippen LogP contribution in [0.15, 0.2) is 78.9 Å². The highest BCUT2D eigenvalue weighted by molar-refractivity contribution is 6.21. The molecule has 1 aliphatic heterocycles. The number of hydrogen-bond donors (Lipinski definition) is 1. The molecule has 1 aliphatic rings. The van der Waals surface area contributed by atoms with Crippen LogP contribution in [0.2, 0.25) is 0 Å². The number of ether oxygens (including phenoxy) is 1. The molecule has 0 fully saturated rings. The van der Waals surface area contributed by atoms with Crippen LogP contribution in [0.1, 0.15) is 38.3 Å². The standard InChI is InChI=1S/C25H22N2O4/c28-23(13-14-27-24(29)21-11-4-5-12-22(21)25(27)30)26-16-18-7-6-8-19(15-18)17-31-20-9-2-1-3-10-20/h1-12,15H,13-14,16-17H2,(H,26,28). The largest absolute Gasteiger partial charge is 0.489 e. The Morgan fingerprint density at radius 3 is 2.16 bits per heavy atom. The Labute approximate surface area is 180 Å². The van der Waals surface area contributed by atoms with Crippen molar-refractivity contribution in [3.05, 3.63) is 101 Å². The zero-order chi connectivity index (χ0) is 21.6. The Hall–Kier alpha value is -3.93. The number of rotatable bonds is 8. The molecule has 1 N–H and O–H groups in total. The van der Waals surface area contributed by atoms with E-state index in [0.29, 0.717) is 24.3 Å².